The zero-order valence-electron chi connectivity index (χ0n) is 14.3. The molecule has 0 amide bonds. The Morgan fingerprint density at radius 2 is 1.85 bits per heavy atom. The van der Waals surface area contributed by atoms with Gasteiger partial charge in [0.2, 0.25) is 11.8 Å². The van der Waals surface area contributed by atoms with Gasteiger partial charge in [-0.25, -0.2) is 4.68 Å². The third-order valence-electron chi connectivity index (χ3n) is 4.51. The predicted molar refractivity (Wildman–Crippen MR) is 107 cm³/mol. The molecule has 0 radical (unpaired) electrons. The molecule has 134 valence electrons. The van der Waals surface area contributed by atoms with Crippen LogP contribution >= 0.6 is 27.5 Å². The van der Waals surface area contributed by atoms with E-state index in [9.17, 15) is 5.26 Å². The van der Waals surface area contributed by atoms with E-state index in [0.717, 1.165) is 27.0 Å². The Morgan fingerprint density at radius 1 is 1.19 bits per heavy atom. The van der Waals surface area contributed by atoms with E-state index in [4.69, 9.17) is 22.1 Å². The fourth-order valence-electron chi connectivity index (χ4n) is 3.26. The number of nitrogens with zero attached hydrogens (tertiary/aromatic N) is 3. The number of aryl methyl sites for hydroxylation is 1. The van der Waals surface area contributed by atoms with Crippen molar-refractivity contribution in [3.05, 3.63) is 86.3 Å². The summed E-state index contributed by atoms with van der Waals surface area (Å²) in [4.78, 5) is 0. The maximum atomic E-state index is 9.70. The van der Waals surface area contributed by atoms with Gasteiger partial charge in [-0.2, -0.15) is 10.4 Å². The molecule has 0 saturated heterocycles. The van der Waals surface area contributed by atoms with E-state index in [2.05, 4.69) is 27.1 Å². The fourth-order valence-corrected chi connectivity index (χ4v) is 3.65. The second kappa shape index (κ2) is 6.76. The molecule has 1 atom stereocenters. The van der Waals surface area contributed by atoms with Crippen molar-refractivity contribution in [2.45, 2.75) is 12.8 Å². The summed E-state index contributed by atoms with van der Waals surface area (Å²) in [5, 5.41) is 15.0. The number of hydrogen-bond donors (Lipinski definition) is 1. The molecule has 0 aliphatic carbocycles. The standard InChI is InChI=1S/C20H14BrClN4O/c1-11-17-18(12-2-4-13(21)5-3-12)16(10-23)19(24)27-20(17)26(25-11)15-8-6-14(22)7-9-15/h2-9,18H,24H2,1H3. The van der Waals surface area contributed by atoms with E-state index < -0.39 is 0 Å². The van der Waals surface area contributed by atoms with Crippen LogP contribution in [0.4, 0.5) is 0 Å². The molecular formula is C20H14BrClN4O. The summed E-state index contributed by atoms with van der Waals surface area (Å²) >= 11 is 9.44. The number of fused-ring (bicyclic) bond motifs is 1. The highest BCUT2D eigenvalue weighted by molar-refractivity contribution is 9.10. The molecule has 0 fully saturated rings. The number of allylic oxidation sites excluding steroid dienone is 1. The molecule has 2 aromatic carbocycles. The molecule has 2 N–H and O–H groups in total. The number of hydrogen-bond acceptors (Lipinski definition) is 4. The van der Waals surface area contributed by atoms with E-state index in [0.29, 0.717) is 16.5 Å². The Hall–Kier alpha value is -2.75. The van der Waals surface area contributed by atoms with E-state index >= 15 is 0 Å². The molecule has 0 saturated carbocycles. The van der Waals surface area contributed by atoms with Crippen molar-refractivity contribution in [3.8, 4) is 17.6 Å². The molecule has 1 aromatic heterocycles. The average molecular weight is 442 g/mol. The van der Waals surface area contributed by atoms with Crippen LogP contribution < -0.4 is 10.5 Å². The van der Waals surface area contributed by atoms with Crippen molar-refractivity contribution in [1.29, 1.82) is 5.26 Å². The summed E-state index contributed by atoms with van der Waals surface area (Å²) in [6, 6.07) is 17.3. The van der Waals surface area contributed by atoms with E-state index in [-0.39, 0.29) is 11.8 Å². The second-order valence-corrected chi connectivity index (χ2v) is 7.52. The summed E-state index contributed by atoms with van der Waals surface area (Å²) in [6.07, 6.45) is 0. The van der Waals surface area contributed by atoms with Gasteiger partial charge in [-0.1, -0.05) is 39.7 Å². The molecule has 2 heterocycles. The lowest BCUT2D eigenvalue weighted by Crippen LogP contribution is -2.22. The summed E-state index contributed by atoms with van der Waals surface area (Å²) in [6.45, 7) is 1.90. The lowest BCUT2D eigenvalue weighted by molar-refractivity contribution is 0.367. The smallest absolute Gasteiger partial charge is 0.229 e. The van der Waals surface area contributed by atoms with Gasteiger partial charge in [-0.15, -0.1) is 0 Å². The highest BCUT2D eigenvalue weighted by Crippen LogP contribution is 2.44. The fraction of sp³-hybridized carbons (Fsp3) is 0.100. The summed E-state index contributed by atoms with van der Waals surface area (Å²) < 4.78 is 8.49. The van der Waals surface area contributed by atoms with Crippen molar-refractivity contribution in [2.24, 2.45) is 5.73 Å². The van der Waals surface area contributed by atoms with Crippen LogP contribution in [0.2, 0.25) is 5.02 Å². The molecule has 5 nitrogen and oxygen atoms in total. The number of halogens is 2. The van der Waals surface area contributed by atoms with Gasteiger partial charge in [0.05, 0.1) is 22.9 Å². The maximum Gasteiger partial charge on any atom is 0.229 e. The van der Waals surface area contributed by atoms with Gasteiger partial charge >= 0.3 is 0 Å². The Balaban J connectivity index is 1.93. The van der Waals surface area contributed by atoms with Crippen molar-refractivity contribution >= 4 is 27.5 Å². The maximum absolute atomic E-state index is 9.70. The van der Waals surface area contributed by atoms with E-state index in [1.165, 1.54) is 0 Å². The third-order valence-corrected chi connectivity index (χ3v) is 5.29. The van der Waals surface area contributed by atoms with E-state index in [1.807, 2.05) is 43.3 Å². The normalized spacial score (nSPS) is 15.9. The first-order valence-electron chi connectivity index (χ1n) is 8.18. The molecule has 0 bridgehead atoms. The first kappa shape index (κ1) is 17.7. The van der Waals surface area contributed by atoms with Crippen LogP contribution in [-0.2, 0) is 0 Å². The zero-order valence-corrected chi connectivity index (χ0v) is 16.6. The van der Waals surface area contributed by atoms with Crippen LogP contribution in [0.5, 0.6) is 5.88 Å². The Labute approximate surface area is 169 Å². The van der Waals surface area contributed by atoms with Crippen molar-refractivity contribution in [3.63, 3.8) is 0 Å². The molecule has 7 heteroatoms. The predicted octanol–water partition coefficient (Wildman–Crippen LogP) is 4.81. The number of nitriles is 1. The minimum atomic E-state index is -0.340. The first-order chi connectivity index (χ1) is 13.0. The number of nitrogens with two attached hydrogens (primary N) is 1. The monoisotopic (exact) mass is 440 g/mol. The van der Waals surface area contributed by atoms with Gasteiger partial charge in [0.15, 0.2) is 0 Å². The van der Waals surface area contributed by atoms with Gasteiger partial charge in [0.1, 0.15) is 11.6 Å². The topological polar surface area (TPSA) is 76.9 Å². The SMILES string of the molecule is Cc1nn(-c2ccc(Cl)cc2)c2c1C(c1ccc(Br)cc1)C(C#N)=C(N)O2. The van der Waals surface area contributed by atoms with Gasteiger partial charge in [0, 0.05) is 9.50 Å². The van der Waals surface area contributed by atoms with Crippen LogP contribution in [0.15, 0.2) is 64.5 Å². The number of ether oxygens (including phenoxy) is 1. The highest BCUT2D eigenvalue weighted by Gasteiger charge is 2.36. The summed E-state index contributed by atoms with van der Waals surface area (Å²) in [7, 11) is 0. The summed E-state index contributed by atoms with van der Waals surface area (Å²) in [5.74, 6) is 0.264. The molecular weight excluding hydrogens is 428 g/mol. The molecule has 3 aromatic rings. The Bertz CT molecular complexity index is 1090. The van der Waals surface area contributed by atoms with Crippen LogP contribution in [0.25, 0.3) is 5.69 Å². The highest BCUT2D eigenvalue weighted by atomic mass is 79.9. The minimum absolute atomic E-state index is 0.0908. The molecule has 1 aliphatic rings. The van der Waals surface area contributed by atoms with Gasteiger partial charge < -0.3 is 10.5 Å². The quantitative estimate of drug-likeness (QED) is 0.619. The molecule has 0 spiro atoms. The average Bonchev–Trinajstić information content (AvgIpc) is 2.98. The lowest BCUT2D eigenvalue weighted by atomic mass is 9.84. The van der Waals surface area contributed by atoms with Crippen LogP contribution in [0.3, 0.4) is 0 Å². The minimum Gasteiger partial charge on any atom is -0.422 e. The lowest BCUT2D eigenvalue weighted by Gasteiger charge is -2.25. The Morgan fingerprint density at radius 3 is 2.48 bits per heavy atom. The van der Waals surface area contributed by atoms with Gasteiger partial charge in [0.25, 0.3) is 0 Å². The van der Waals surface area contributed by atoms with Crippen molar-refractivity contribution < 1.29 is 4.74 Å². The second-order valence-electron chi connectivity index (χ2n) is 6.17. The van der Waals surface area contributed by atoms with E-state index in [1.54, 1.807) is 16.8 Å². The largest absolute Gasteiger partial charge is 0.422 e. The van der Waals surface area contributed by atoms with Gasteiger partial charge in [-0.3, -0.25) is 0 Å². The molecule has 27 heavy (non-hydrogen) atoms. The van der Waals surface area contributed by atoms with Crippen molar-refractivity contribution in [1.82, 2.24) is 9.78 Å². The number of rotatable bonds is 2. The Kier molecular flexibility index (Phi) is 4.42. The molecule has 1 aliphatic heterocycles. The van der Waals surface area contributed by atoms with Gasteiger partial charge in [-0.05, 0) is 48.9 Å². The first-order valence-corrected chi connectivity index (χ1v) is 9.35. The number of aromatic nitrogens is 2. The zero-order chi connectivity index (χ0) is 19.1. The van der Waals surface area contributed by atoms with Crippen LogP contribution in [0.1, 0.15) is 22.7 Å². The number of benzene rings is 2. The van der Waals surface area contributed by atoms with Crippen LogP contribution in [0, 0.1) is 18.3 Å². The summed E-state index contributed by atoms with van der Waals surface area (Å²) in [5.41, 5.74) is 9.83. The van der Waals surface area contributed by atoms with Crippen molar-refractivity contribution in [2.75, 3.05) is 0 Å². The molecule has 1 unspecified atom stereocenters. The molecule has 4 rings (SSSR count). The third kappa shape index (κ3) is 2.99. The van der Waals surface area contributed by atoms with Crippen LogP contribution in [-0.4, -0.2) is 9.78 Å².